The van der Waals surface area contributed by atoms with Crippen LogP contribution in [0.4, 0.5) is 0 Å². The van der Waals surface area contributed by atoms with E-state index in [0.717, 1.165) is 0 Å². The molecule has 0 spiro atoms. The van der Waals surface area contributed by atoms with Gasteiger partial charge in [0.05, 0.1) is 31.0 Å². The minimum atomic E-state index is -1.56. The lowest BCUT2D eigenvalue weighted by Crippen LogP contribution is -2.59. The highest BCUT2D eigenvalue weighted by Crippen LogP contribution is 2.48. The fourth-order valence-electron chi connectivity index (χ4n) is 4.19. The maximum absolute atomic E-state index is 11.1. The Kier molecular flexibility index (Phi) is 7.63. The van der Waals surface area contributed by atoms with Gasteiger partial charge in [0.1, 0.15) is 24.4 Å². The number of rotatable bonds is 6. The lowest BCUT2D eigenvalue weighted by molar-refractivity contribution is -0.303. The third-order valence-corrected chi connectivity index (χ3v) is 6.06. The molecule has 28 heavy (non-hydrogen) atoms. The van der Waals surface area contributed by atoms with Gasteiger partial charge in [-0.3, -0.25) is 0 Å². The molecule has 1 saturated heterocycles. The zero-order valence-corrected chi connectivity index (χ0v) is 16.5. The molecule has 0 radical (unpaired) electrons. The largest absolute Gasteiger partial charge is 0.394 e. The van der Waals surface area contributed by atoms with E-state index in [0.29, 0.717) is 12.8 Å². The molecule has 1 aliphatic carbocycles. The molecule has 0 aromatic carbocycles. The summed E-state index contributed by atoms with van der Waals surface area (Å²) >= 11 is 0. The molecular formula is C19H34O9. The van der Waals surface area contributed by atoms with Crippen molar-refractivity contribution in [3.63, 3.8) is 0 Å². The van der Waals surface area contributed by atoms with Gasteiger partial charge in [-0.15, -0.1) is 0 Å². The van der Waals surface area contributed by atoms with Gasteiger partial charge in [0.15, 0.2) is 6.29 Å². The van der Waals surface area contributed by atoms with E-state index in [-0.39, 0.29) is 12.5 Å². The first-order valence-electron chi connectivity index (χ1n) is 9.63. The van der Waals surface area contributed by atoms with Gasteiger partial charge in [-0.25, -0.2) is 0 Å². The number of hydrogen-bond donors (Lipinski definition) is 7. The third-order valence-electron chi connectivity index (χ3n) is 6.06. The molecule has 0 aromatic rings. The molecule has 2 rings (SSSR count). The van der Waals surface area contributed by atoms with E-state index in [9.17, 15) is 35.7 Å². The molecule has 164 valence electrons. The van der Waals surface area contributed by atoms with Crippen molar-refractivity contribution in [3.8, 4) is 0 Å². The molecule has 2 aliphatic rings. The molecule has 9 nitrogen and oxygen atoms in total. The second-order valence-electron chi connectivity index (χ2n) is 8.66. The molecule has 0 bridgehead atoms. The van der Waals surface area contributed by atoms with Crippen molar-refractivity contribution in [2.75, 3.05) is 13.2 Å². The van der Waals surface area contributed by atoms with E-state index >= 15 is 0 Å². The van der Waals surface area contributed by atoms with Crippen molar-refractivity contribution in [3.05, 3.63) is 12.2 Å². The molecule has 1 aliphatic heterocycles. The van der Waals surface area contributed by atoms with Crippen LogP contribution in [0.3, 0.4) is 0 Å². The monoisotopic (exact) mass is 406 g/mol. The number of ether oxygens (including phenoxy) is 2. The molecule has 0 aromatic heterocycles. The Labute approximate surface area is 164 Å². The first kappa shape index (κ1) is 23.7. The predicted octanol–water partition coefficient (Wildman–Crippen LogP) is -1.73. The Morgan fingerprint density at radius 1 is 1.14 bits per heavy atom. The Hall–Kier alpha value is -0.620. The Balaban J connectivity index is 1.97. The van der Waals surface area contributed by atoms with E-state index in [1.54, 1.807) is 0 Å². The van der Waals surface area contributed by atoms with E-state index in [2.05, 4.69) is 0 Å². The van der Waals surface area contributed by atoms with Crippen LogP contribution in [0.25, 0.3) is 0 Å². The normalized spacial score (nSPS) is 45.3. The minimum absolute atomic E-state index is 0.221. The highest BCUT2D eigenvalue weighted by molar-refractivity contribution is 5.15. The van der Waals surface area contributed by atoms with Crippen LogP contribution in [0.2, 0.25) is 0 Å². The summed E-state index contributed by atoms with van der Waals surface area (Å²) in [6.45, 7) is 4.68. The van der Waals surface area contributed by atoms with Gasteiger partial charge >= 0.3 is 0 Å². The molecule has 9 atom stereocenters. The van der Waals surface area contributed by atoms with Crippen LogP contribution in [-0.2, 0) is 9.47 Å². The predicted molar refractivity (Wildman–Crippen MR) is 98.0 cm³/mol. The van der Waals surface area contributed by atoms with Crippen molar-refractivity contribution in [1.82, 2.24) is 0 Å². The first-order valence-corrected chi connectivity index (χ1v) is 9.63. The number of aliphatic hydroxyl groups is 7. The minimum Gasteiger partial charge on any atom is -0.394 e. The lowest BCUT2D eigenvalue weighted by Gasteiger charge is -2.50. The Bertz CT molecular complexity index is 537. The fourth-order valence-corrected chi connectivity index (χ4v) is 4.19. The average Bonchev–Trinajstić information content (AvgIpc) is 2.61. The molecule has 1 unspecified atom stereocenters. The van der Waals surface area contributed by atoms with Crippen LogP contribution in [0.15, 0.2) is 12.2 Å². The smallest absolute Gasteiger partial charge is 0.186 e. The summed E-state index contributed by atoms with van der Waals surface area (Å²) in [6, 6.07) is 0. The topological polar surface area (TPSA) is 160 Å². The maximum Gasteiger partial charge on any atom is 0.186 e. The van der Waals surface area contributed by atoms with Crippen molar-refractivity contribution >= 4 is 0 Å². The molecule has 2 fully saturated rings. The van der Waals surface area contributed by atoms with Gasteiger partial charge in [0.25, 0.3) is 0 Å². The molecular weight excluding hydrogens is 372 g/mol. The van der Waals surface area contributed by atoms with Gasteiger partial charge in [-0.05, 0) is 24.2 Å². The second kappa shape index (κ2) is 9.03. The van der Waals surface area contributed by atoms with Gasteiger partial charge < -0.3 is 45.2 Å². The van der Waals surface area contributed by atoms with E-state index in [1.807, 2.05) is 20.8 Å². The number of aliphatic hydroxyl groups excluding tert-OH is 6. The lowest BCUT2D eigenvalue weighted by atomic mass is 9.60. The summed E-state index contributed by atoms with van der Waals surface area (Å²) in [5.74, 6) is -0.221. The fraction of sp³-hybridized carbons (Fsp3) is 0.895. The maximum atomic E-state index is 11.1. The first-order chi connectivity index (χ1) is 12.9. The Morgan fingerprint density at radius 3 is 2.36 bits per heavy atom. The van der Waals surface area contributed by atoms with Crippen LogP contribution in [0.5, 0.6) is 0 Å². The molecule has 9 heteroatoms. The van der Waals surface area contributed by atoms with Crippen molar-refractivity contribution < 1.29 is 45.2 Å². The molecule has 7 N–H and O–H groups in total. The van der Waals surface area contributed by atoms with Crippen molar-refractivity contribution in [1.29, 1.82) is 0 Å². The van der Waals surface area contributed by atoms with E-state index < -0.39 is 60.5 Å². The SMILES string of the molecule is C[C@@H]1C[C@H](O)CC(C)(C)[C@@]1(O)/C=C/C(O)CO[C@@H]1O[C@H](CO)[C@@H](O)[C@H](O)[C@H]1O. The summed E-state index contributed by atoms with van der Waals surface area (Å²) in [4.78, 5) is 0. The van der Waals surface area contributed by atoms with Gasteiger partial charge in [0, 0.05) is 0 Å². The van der Waals surface area contributed by atoms with Crippen LogP contribution < -0.4 is 0 Å². The van der Waals surface area contributed by atoms with Crippen LogP contribution in [0, 0.1) is 11.3 Å². The highest BCUT2D eigenvalue weighted by atomic mass is 16.7. The van der Waals surface area contributed by atoms with Crippen molar-refractivity contribution in [2.24, 2.45) is 11.3 Å². The summed E-state index contributed by atoms with van der Waals surface area (Å²) in [5.41, 5.74) is -1.82. The van der Waals surface area contributed by atoms with Crippen molar-refractivity contribution in [2.45, 2.75) is 82.1 Å². The van der Waals surface area contributed by atoms with Crippen LogP contribution >= 0.6 is 0 Å². The van der Waals surface area contributed by atoms with E-state index in [1.165, 1.54) is 12.2 Å². The quantitative estimate of drug-likeness (QED) is 0.254. The summed E-state index contributed by atoms with van der Waals surface area (Å²) in [7, 11) is 0. The molecule has 1 saturated carbocycles. The summed E-state index contributed by atoms with van der Waals surface area (Å²) < 4.78 is 10.5. The molecule has 0 amide bonds. The van der Waals surface area contributed by atoms with Gasteiger partial charge in [-0.1, -0.05) is 32.9 Å². The zero-order valence-electron chi connectivity index (χ0n) is 16.5. The van der Waals surface area contributed by atoms with Crippen LogP contribution in [0.1, 0.15) is 33.6 Å². The second-order valence-corrected chi connectivity index (χ2v) is 8.66. The molecule has 1 heterocycles. The zero-order chi connectivity index (χ0) is 21.3. The average molecular weight is 406 g/mol. The highest BCUT2D eigenvalue weighted by Gasteiger charge is 2.50. The Morgan fingerprint density at radius 2 is 1.79 bits per heavy atom. The van der Waals surface area contributed by atoms with Crippen LogP contribution in [-0.4, -0.2) is 97.5 Å². The van der Waals surface area contributed by atoms with E-state index in [4.69, 9.17) is 9.47 Å². The third kappa shape index (κ3) is 4.75. The summed E-state index contributed by atoms with van der Waals surface area (Å²) in [5, 5.41) is 69.9. The van der Waals surface area contributed by atoms with Gasteiger partial charge in [0.2, 0.25) is 0 Å². The summed E-state index contributed by atoms with van der Waals surface area (Å²) in [6.07, 6.45) is -4.85. The number of hydrogen-bond acceptors (Lipinski definition) is 9. The standard InChI is InChI=1S/C19H34O9/c1-10-6-12(22)7-18(2,3)19(10,26)5-4-11(21)9-27-17-16(25)15(24)14(23)13(8-20)28-17/h4-5,10-17,20-26H,6-9H2,1-3H3/b5-4+/t10-,11?,12+,13-,14-,15+,16-,17-,19-/m1/s1. The van der Waals surface area contributed by atoms with Gasteiger partial charge in [-0.2, -0.15) is 0 Å².